The summed E-state index contributed by atoms with van der Waals surface area (Å²) in [6.07, 6.45) is 1.54. The van der Waals surface area contributed by atoms with Crippen LogP contribution in [-0.4, -0.2) is 23.1 Å². The summed E-state index contributed by atoms with van der Waals surface area (Å²) in [5.41, 5.74) is 8.56. The van der Waals surface area contributed by atoms with E-state index in [2.05, 4.69) is 41.4 Å². The third-order valence-corrected chi connectivity index (χ3v) is 2.89. The fraction of sp³-hybridized carbons (Fsp3) is 0.214. The first-order valence-corrected chi connectivity index (χ1v) is 6.00. The Morgan fingerprint density at radius 3 is 2.58 bits per heavy atom. The van der Waals surface area contributed by atoms with Gasteiger partial charge in [0.25, 0.3) is 0 Å². The molecule has 1 aromatic heterocycles. The van der Waals surface area contributed by atoms with Crippen LogP contribution in [0, 0.1) is 12.3 Å². The molecule has 98 valence electrons. The monoisotopic (exact) mass is 255 g/mol. The van der Waals surface area contributed by atoms with Crippen molar-refractivity contribution in [1.82, 2.24) is 10.2 Å². The normalized spacial score (nSPS) is 10.2. The van der Waals surface area contributed by atoms with Gasteiger partial charge in [-0.05, 0) is 18.6 Å². The van der Waals surface area contributed by atoms with Gasteiger partial charge in [0.05, 0.1) is 11.8 Å². The summed E-state index contributed by atoms with van der Waals surface area (Å²) in [4.78, 5) is 1.94. The van der Waals surface area contributed by atoms with E-state index < -0.39 is 0 Å². The lowest BCUT2D eigenvalue weighted by atomic mass is 10.1. The quantitative estimate of drug-likeness (QED) is 0.644. The highest BCUT2D eigenvalue weighted by Crippen LogP contribution is 2.16. The fourth-order valence-corrected chi connectivity index (χ4v) is 1.86. The first kappa shape index (κ1) is 13.0. The van der Waals surface area contributed by atoms with Crippen LogP contribution in [0.1, 0.15) is 16.7 Å². The maximum atomic E-state index is 7.56. The largest absolute Gasteiger partial charge is 0.384 e. The molecule has 0 unspecified atom stereocenters. The number of amidine groups is 1. The highest BCUT2D eigenvalue weighted by atomic mass is 15.2. The van der Waals surface area contributed by atoms with E-state index in [4.69, 9.17) is 11.1 Å². The van der Waals surface area contributed by atoms with Crippen molar-refractivity contribution in [1.29, 1.82) is 5.41 Å². The van der Waals surface area contributed by atoms with Crippen molar-refractivity contribution < 1.29 is 0 Å². The Bertz CT molecular complexity index is 577. The summed E-state index contributed by atoms with van der Waals surface area (Å²) >= 11 is 0. The summed E-state index contributed by atoms with van der Waals surface area (Å²) in [7, 11) is 1.91. The average molecular weight is 255 g/mol. The minimum absolute atomic E-state index is 0.000608. The number of aryl methyl sites for hydroxylation is 1. The molecule has 0 fully saturated rings. The second-order valence-corrected chi connectivity index (χ2v) is 4.52. The lowest BCUT2D eigenvalue weighted by molar-refractivity contribution is 0.863. The Balaban J connectivity index is 2.22. The first-order chi connectivity index (χ1) is 9.08. The van der Waals surface area contributed by atoms with Crippen molar-refractivity contribution in [2.45, 2.75) is 13.5 Å². The first-order valence-electron chi connectivity index (χ1n) is 6.00. The van der Waals surface area contributed by atoms with Crippen molar-refractivity contribution in [3.63, 3.8) is 0 Å². The predicted molar refractivity (Wildman–Crippen MR) is 76.3 cm³/mol. The van der Waals surface area contributed by atoms with Crippen molar-refractivity contribution in [3.05, 3.63) is 53.2 Å². The van der Waals surface area contributed by atoms with Crippen LogP contribution in [0.15, 0.2) is 36.5 Å². The highest BCUT2D eigenvalue weighted by Gasteiger charge is 2.11. The lowest BCUT2D eigenvalue weighted by Crippen LogP contribution is -2.23. The van der Waals surface area contributed by atoms with E-state index in [1.54, 1.807) is 12.3 Å². The molecular weight excluding hydrogens is 238 g/mol. The Kier molecular flexibility index (Phi) is 3.75. The van der Waals surface area contributed by atoms with E-state index in [0.29, 0.717) is 17.9 Å². The van der Waals surface area contributed by atoms with Gasteiger partial charge in [-0.25, -0.2) is 0 Å². The van der Waals surface area contributed by atoms with E-state index in [1.807, 2.05) is 11.9 Å². The number of rotatable bonds is 4. The van der Waals surface area contributed by atoms with Gasteiger partial charge in [0, 0.05) is 13.6 Å². The summed E-state index contributed by atoms with van der Waals surface area (Å²) in [6.45, 7) is 2.75. The van der Waals surface area contributed by atoms with Gasteiger partial charge in [-0.1, -0.05) is 29.8 Å². The molecule has 1 aromatic carbocycles. The average Bonchev–Trinajstić information content (AvgIpc) is 2.41. The van der Waals surface area contributed by atoms with Crippen molar-refractivity contribution in [2.75, 3.05) is 11.9 Å². The molecule has 5 heteroatoms. The number of nitrogens with one attached hydrogen (secondary N) is 1. The van der Waals surface area contributed by atoms with Gasteiger partial charge >= 0.3 is 0 Å². The number of nitrogens with two attached hydrogens (primary N) is 1. The van der Waals surface area contributed by atoms with Gasteiger partial charge in [-0.2, -0.15) is 5.10 Å². The molecule has 0 aliphatic rings. The number of hydrogen-bond acceptors (Lipinski definition) is 4. The summed E-state index contributed by atoms with van der Waals surface area (Å²) in [5, 5.41) is 15.5. The standard InChI is InChI=1S/C14H17N5/c1-10-3-5-11(6-4-10)9-19(2)14-12(13(15)16)7-8-17-18-14/h3-8H,9H2,1-2H3,(H3,15,16). The summed E-state index contributed by atoms with van der Waals surface area (Å²) < 4.78 is 0. The predicted octanol–water partition coefficient (Wildman–Crippen LogP) is 1.71. The van der Waals surface area contributed by atoms with Crippen molar-refractivity contribution >= 4 is 11.7 Å². The van der Waals surface area contributed by atoms with Gasteiger partial charge in [0.1, 0.15) is 5.84 Å². The van der Waals surface area contributed by atoms with E-state index in [9.17, 15) is 0 Å². The Morgan fingerprint density at radius 1 is 1.26 bits per heavy atom. The van der Waals surface area contributed by atoms with Gasteiger partial charge in [-0.3, -0.25) is 5.41 Å². The van der Waals surface area contributed by atoms with Gasteiger partial charge in [-0.15, -0.1) is 5.10 Å². The molecule has 0 radical (unpaired) electrons. The molecule has 0 atom stereocenters. The Labute approximate surface area is 112 Å². The maximum absolute atomic E-state index is 7.56. The minimum Gasteiger partial charge on any atom is -0.384 e. The molecule has 5 nitrogen and oxygen atoms in total. The van der Waals surface area contributed by atoms with Crippen LogP contribution in [-0.2, 0) is 6.54 Å². The van der Waals surface area contributed by atoms with E-state index in [1.165, 1.54) is 11.1 Å². The molecule has 19 heavy (non-hydrogen) atoms. The van der Waals surface area contributed by atoms with Crippen LogP contribution in [0.5, 0.6) is 0 Å². The summed E-state index contributed by atoms with van der Waals surface area (Å²) in [5.74, 6) is 0.622. The van der Waals surface area contributed by atoms with Gasteiger partial charge in [0.15, 0.2) is 5.82 Å². The number of anilines is 1. The number of benzene rings is 1. The third kappa shape index (κ3) is 3.07. The minimum atomic E-state index is 0.000608. The number of hydrogen-bond donors (Lipinski definition) is 2. The highest BCUT2D eigenvalue weighted by molar-refractivity contribution is 5.99. The second-order valence-electron chi connectivity index (χ2n) is 4.52. The van der Waals surface area contributed by atoms with Gasteiger partial charge < -0.3 is 10.6 Å². The van der Waals surface area contributed by atoms with Crippen LogP contribution < -0.4 is 10.6 Å². The van der Waals surface area contributed by atoms with Gasteiger partial charge in [0.2, 0.25) is 0 Å². The van der Waals surface area contributed by atoms with E-state index in [-0.39, 0.29) is 5.84 Å². The van der Waals surface area contributed by atoms with Crippen LogP contribution in [0.2, 0.25) is 0 Å². The molecule has 0 bridgehead atoms. The topological polar surface area (TPSA) is 78.9 Å². The number of nitrogen functional groups attached to an aromatic ring is 1. The molecule has 3 N–H and O–H groups in total. The number of aromatic nitrogens is 2. The molecular formula is C14H17N5. The molecule has 1 heterocycles. The molecule has 0 aliphatic heterocycles. The molecule has 2 aromatic rings. The molecule has 0 saturated heterocycles. The van der Waals surface area contributed by atoms with Crippen LogP contribution in [0.4, 0.5) is 5.82 Å². The molecule has 0 saturated carbocycles. The van der Waals surface area contributed by atoms with E-state index in [0.717, 1.165) is 0 Å². The van der Waals surface area contributed by atoms with Crippen LogP contribution in [0.3, 0.4) is 0 Å². The third-order valence-electron chi connectivity index (χ3n) is 2.89. The van der Waals surface area contributed by atoms with Crippen LogP contribution >= 0.6 is 0 Å². The zero-order chi connectivity index (χ0) is 13.8. The smallest absolute Gasteiger partial charge is 0.162 e. The second kappa shape index (κ2) is 5.48. The number of nitrogens with zero attached hydrogens (tertiary/aromatic N) is 3. The van der Waals surface area contributed by atoms with Crippen molar-refractivity contribution in [3.8, 4) is 0 Å². The zero-order valence-corrected chi connectivity index (χ0v) is 11.1. The molecule has 2 rings (SSSR count). The summed E-state index contributed by atoms with van der Waals surface area (Å²) in [6, 6.07) is 10.0. The molecule has 0 amide bonds. The Morgan fingerprint density at radius 2 is 1.95 bits per heavy atom. The molecule has 0 aliphatic carbocycles. The zero-order valence-electron chi connectivity index (χ0n) is 11.1. The van der Waals surface area contributed by atoms with Crippen molar-refractivity contribution in [2.24, 2.45) is 5.73 Å². The maximum Gasteiger partial charge on any atom is 0.162 e. The van der Waals surface area contributed by atoms with Crippen LogP contribution in [0.25, 0.3) is 0 Å². The lowest BCUT2D eigenvalue weighted by Gasteiger charge is -2.20. The molecule has 0 spiro atoms. The Hall–Kier alpha value is -2.43. The SMILES string of the molecule is Cc1ccc(CN(C)c2nnccc2C(=N)N)cc1. The van der Waals surface area contributed by atoms with E-state index >= 15 is 0 Å². The fourth-order valence-electron chi connectivity index (χ4n) is 1.86.